The zero-order chi connectivity index (χ0) is 20.7. The Kier molecular flexibility index (Phi) is 4.70. The van der Waals surface area contributed by atoms with Gasteiger partial charge in [-0.25, -0.2) is 0 Å². The van der Waals surface area contributed by atoms with Crippen molar-refractivity contribution >= 4 is 11.8 Å². The second-order valence-corrected chi connectivity index (χ2v) is 8.42. The number of hydrogen-bond donors (Lipinski definition) is 0. The SMILES string of the molecule is CCN(Cc1ccccc1)C(=O)C1C2C=CC3(CN(Cc4ccccc4)C(=O)C13)O2. The fraction of sp³-hybridized carbons (Fsp3) is 0.360. The number of hydrogen-bond acceptors (Lipinski definition) is 3. The molecule has 30 heavy (non-hydrogen) atoms. The maximum absolute atomic E-state index is 13.6. The van der Waals surface area contributed by atoms with E-state index in [2.05, 4.69) is 0 Å². The highest BCUT2D eigenvalue weighted by molar-refractivity contribution is 5.93. The van der Waals surface area contributed by atoms with Gasteiger partial charge in [0, 0.05) is 19.6 Å². The summed E-state index contributed by atoms with van der Waals surface area (Å²) in [5, 5.41) is 0. The number of rotatable bonds is 6. The van der Waals surface area contributed by atoms with Crippen molar-refractivity contribution in [2.24, 2.45) is 11.8 Å². The van der Waals surface area contributed by atoms with E-state index in [0.717, 1.165) is 11.1 Å². The highest BCUT2D eigenvalue weighted by Gasteiger charge is 2.67. The molecule has 3 heterocycles. The van der Waals surface area contributed by atoms with Gasteiger partial charge < -0.3 is 14.5 Å². The summed E-state index contributed by atoms with van der Waals surface area (Å²) >= 11 is 0. The Morgan fingerprint density at radius 2 is 1.77 bits per heavy atom. The number of benzene rings is 2. The smallest absolute Gasteiger partial charge is 0.230 e. The highest BCUT2D eigenvalue weighted by atomic mass is 16.5. The zero-order valence-electron chi connectivity index (χ0n) is 17.1. The van der Waals surface area contributed by atoms with Crippen molar-refractivity contribution in [1.82, 2.24) is 9.80 Å². The molecule has 2 bridgehead atoms. The van der Waals surface area contributed by atoms with Gasteiger partial charge in [-0.2, -0.15) is 0 Å². The lowest BCUT2D eigenvalue weighted by Crippen LogP contribution is -2.45. The van der Waals surface area contributed by atoms with Gasteiger partial charge in [-0.15, -0.1) is 0 Å². The molecule has 2 aromatic carbocycles. The molecule has 4 unspecified atom stereocenters. The standard InChI is InChI=1S/C25H26N2O3/c1-2-26(15-18-9-5-3-6-10-18)23(28)21-20-13-14-25(30-20)17-27(24(29)22(21)25)16-19-11-7-4-8-12-19/h3-14,20-22H,2,15-17H2,1H3. The van der Waals surface area contributed by atoms with Crippen LogP contribution in [0.2, 0.25) is 0 Å². The molecule has 5 nitrogen and oxygen atoms in total. The number of nitrogens with zero attached hydrogens (tertiary/aromatic N) is 2. The number of fused-ring (bicyclic) bond motifs is 1. The van der Waals surface area contributed by atoms with E-state index in [1.807, 2.05) is 89.5 Å². The predicted octanol–water partition coefficient (Wildman–Crippen LogP) is 3.02. The van der Waals surface area contributed by atoms with Crippen LogP contribution in [-0.4, -0.2) is 46.4 Å². The summed E-state index contributed by atoms with van der Waals surface area (Å²) in [4.78, 5) is 30.7. The molecule has 5 rings (SSSR count). The third-order valence-corrected chi connectivity index (χ3v) is 6.59. The van der Waals surface area contributed by atoms with Crippen molar-refractivity contribution in [3.8, 4) is 0 Å². The minimum atomic E-state index is -0.664. The van der Waals surface area contributed by atoms with E-state index in [0.29, 0.717) is 26.2 Å². The molecule has 0 saturated carbocycles. The minimum absolute atomic E-state index is 0.0116. The first-order valence-electron chi connectivity index (χ1n) is 10.6. The Balaban J connectivity index is 1.38. The van der Waals surface area contributed by atoms with Crippen LogP contribution in [-0.2, 0) is 27.4 Å². The van der Waals surface area contributed by atoms with Gasteiger partial charge in [0.25, 0.3) is 0 Å². The van der Waals surface area contributed by atoms with E-state index in [1.54, 1.807) is 0 Å². The van der Waals surface area contributed by atoms with Gasteiger partial charge in [-0.3, -0.25) is 9.59 Å². The predicted molar refractivity (Wildman–Crippen MR) is 113 cm³/mol. The average molecular weight is 402 g/mol. The van der Waals surface area contributed by atoms with Crippen molar-refractivity contribution in [3.63, 3.8) is 0 Å². The van der Waals surface area contributed by atoms with Crippen LogP contribution in [0.25, 0.3) is 0 Å². The van der Waals surface area contributed by atoms with E-state index in [9.17, 15) is 9.59 Å². The van der Waals surface area contributed by atoms with Crippen LogP contribution in [0.4, 0.5) is 0 Å². The molecule has 2 aromatic rings. The molecule has 0 aromatic heterocycles. The third kappa shape index (κ3) is 3.05. The first-order valence-corrected chi connectivity index (χ1v) is 10.6. The Morgan fingerprint density at radius 1 is 1.10 bits per heavy atom. The molecule has 1 spiro atoms. The molecule has 2 saturated heterocycles. The van der Waals surface area contributed by atoms with Gasteiger partial charge >= 0.3 is 0 Å². The van der Waals surface area contributed by atoms with Gasteiger partial charge in [0.1, 0.15) is 5.60 Å². The van der Waals surface area contributed by atoms with E-state index < -0.39 is 17.4 Å². The highest BCUT2D eigenvalue weighted by Crippen LogP contribution is 2.52. The van der Waals surface area contributed by atoms with Crippen LogP contribution in [0.1, 0.15) is 18.1 Å². The first kappa shape index (κ1) is 19.1. The number of likely N-dealkylation sites (tertiary alicyclic amines) is 1. The molecule has 0 radical (unpaired) electrons. The van der Waals surface area contributed by atoms with Crippen LogP contribution in [0.3, 0.4) is 0 Å². The third-order valence-electron chi connectivity index (χ3n) is 6.59. The van der Waals surface area contributed by atoms with Crippen LogP contribution >= 0.6 is 0 Å². The van der Waals surface area contributed by atoms with E-state index in [1.165, 1.54) is 0 Å². The summed E-state index contributed by atoms with van der Waals surface area (Å²) < 4.78 is 6.28. The van der Waals surface area contributed by atoms with Crippen molar-refractivity contribution in [1.29, 1.82) is 0 Å². The molecular formula is C25H26N2O3. The number of amides is 2. The van der Waals surface area contributed by atoms with Gasteiger partial charge in [0.2, 0.25) is 11.8 Å². The number of ether oxygens (including phenoxy) is 1. The summed E-state index contributed by atoms with van der Waals surface area (Å²) in [6, 6.07) is 20.0. The lowest BCUT2D eigenvalue weighted by molar-refractivity contribution is -0.143. The molecule has 2 amide bonds. The van der Waals surface area contributed by atoms with Gasteiger partial charge in [-0.05, 0) is 18.1 Å². The largest absolute Gasteiger partial charge is 0.360 e. The quantitative estimate of drug-likeness (QED) is 0.698. The molecule has 3 aliphatic heterocycles. The molecular weight excluding hydrogens is 376 g/mol. The molecule has 4 atom stereocenters. The Labute approximate surface area is 176 Å². The second-order valence-electron chi connectivity index (χ2n) is 8.42. The topological polar surface area (TPSA) is 49.9 Å². The first-order chi connectivity index (χ1) is 14.6. The second kappa shape index (κ2) is 7.40. The van der Waals surface area contributed by atoms with Crippen molar-refractivity contribution in [2.45, 2.75) is 31.7 Å². The molecule has 154 valence electrons. The molecule has 2 fully saturated rings. The molecule has 5 heteroatoms. The van der Waals surface area contributed by atoms with Gasteiger partial charge in [0.15, 0.2) is 0 Å². The van der Waals surface area contributed by atoms with Crippen LogP contribution in [0.15, 0.2) is 72.8 Å². The Bertz CT molecular complexity index is 974. The maximum Gasteiger partial charge on any atom is 0.230 e. The van der Waals surface area contributed by atoms with Crippen LogP contribution in [0, 0.1) is 11.8 Å². The van der Waals surface area contributed by atoms with Crippen molar-refractivity contribution in [3.05, 3.63) is 83.9 Å². The lowest BCUT2D eigenvalue weighted by atomic mass is 9.76. The minimum Gasteiger partial charge on any atom is -0.360 e. The zero-order valence-corrected chi connectivity index (χ0v) is 17.1. The molecule has 0 aliphatic carbocycles. The van der Waals surface area contributed by atoms with Gasteiger partial charge in [-0.1, -0.05) is 72.8 Å². The fourth-order valence-corrected chi connectivity index (χ4v) is 5.16. The Hall–Kier alpha value is -2.92. The van der Waals surface area contributed by atoms with Crippen molar-refractivity contribution in [2.75, 3.05) is 13.1 Å². The van der Waals surface area contributed by atoms with Crippen LogP contribution < -0.4 is 0 Å². The van der Waals surface area contributed by atoms with E-state index >= 15 is 0 Å². The van der Waals surface area contributed by atoms with Crippen LogP contribution in [0.5, 0.6) is 0 Å². The van der Waals surface area contributed by atoms with Gasteiger partial charge in [0.05, 0.1) is 24.5 Å². The fourth-order valence-electron chi connectivity index (χ4n) is 5.16. The normalized spacial score (nSPS) is 28.8. The summed E-state index contributed by atoms with van der Waals surface area (Å²) in [5.74, 6) is -0.849. The number of carbonyl (C=O) groups excluding carboxylic acids is 2. The Morgan fingerprint density at radius 3 is 2.43 bits per heavy atom. The average Bonchev–Trinajstić information content (AvgIpc) is 3.41. The summed E-state index contributed by atoms with van der Waals surface area (Å²) in [5.41, 5.74) is 1.51. The monoisotopic (exact) mass is 402 g/mol. The van der Waals surface area contributed by atoms with E-state index in [4.69, 9.17) is 4.74 Å². The molecule has 0 N–H and O–H groups in total. The van der Waals surface area contributed by atoms with Crippen molar-refractivity contribution < 1.29 is 14.3 Å². The summed E-state index contributed by atoms with van der Waals surface area (Å²) in [6.45, 7) is 4.18. The maximum atomic E-state index is 13.6. The molecule has 3 aliphatic rings. The van der Waals surface area contributed by atoms with E-state index in [-0.39, 0.29) is 17.9 Å². The number of carbonyl (C=O) groups is 2. The summed E-state index contributed by atoms with van der Waals surface area (Å²) in [6.07, 6.45) is 3.69. The summed E-state index contributed by atoms with van der Waals surface area (Å²) in [7, 11) is 0. The lowest BCUT2D eigenvalue weighted by Gasteiger charge is -2.29.